The molecule has 0 atom stereocenters. The number of aldehydes is 1. The van der Waals surface area contributed by atoms with Gasteiger partial charge in [-0.15, -0.1) is 0 Å². The summed E-state index contributed by atoms with van der Waals surface area (Å²) >= 11 is 6.84. The molecule has 4 nitrogen and oxygen atoms in total. The van der Waals surface area contributed by atoms with Crippen molar-refractivity contribution >= 4 is 60.6 Å². The fourth-order valence-corrected chi connectivity index (χ4v) is 3.21. The van der Waals surface area contributed by atoms with E-state index in [4.69, 9.17) is 0 Å². The lowest BCUT2D eigenvalue weighted by atomic mass is 10.2. The monoisotopic (exact) mass is 448 g/mol. The highest BCUT2D eigenvalue weighted by molar-refractivity contribution is 9.10. The van der Waals surface area contributed by atoms with Gasteiger partial charge in [-0.05, 0) is 48.9 Å². The molecule has 0 bridgehead atoms. The molecule has 0 saturated carbocycles. The Kier molecular flexibility index (Phi) is 4.87. The molecule has 0 saturated heterocycles. The van der Waals surface area contributed by atoms with Gasteiger partial charge in [0.25, 0.3) is 0 Å². The highest BCUT2D eigenvalue weighted by atomic mass is 79.9. The Labute approximate surface area is 156 Å². The third kappa shape index (κ3) is 3.44. The number of nitrogens with one attached hydrogen (secondary N) is 1. The Hall–Kier alpha value is -1.92. The third-order valence-corrected chi connectivity index (χ3v) is 5.14. The lowest BCUT2D eigenvalue weighted by Gasteiger charge is -2.09. The Morgan fingerprint density at radius 2 is 2.00 bits per heavy atom. The topological polar surface area (TPSA) is 51.1 Å². The van der Waals surface area contributed by atoms with Gasteiger partial charge >= 0.3 is 0 Å². The second-order valence-electron chi connectivity index (χ2n) is 5.50. The molecule has 0 aliphatic heterocycles. The maximum atomic E-state index is 12.3. The average Bonchev–Trinajstić information content (AvgIpc) is 2.87. The van der Waals surface area contributed by atoms with Crippen LogP contribution in [-0.2, 0) is 11.3 Å². The summed E-state index contributed by atoms with van der Waals surface area (Å²) in [5, 5.41) is 3.71. The van der Waals surface area contributed by atoms with Crippen molar-refractivity contribution in [1.29, 1.82) is 0 Å². The number of rotatable bonds is 4. The molecule has 0 radical (unpaired) electrons. The van der Waals surface area contributed by atoms with Crippen LogP contribution in [0.25, 0.3) is 10.9 Å². The van der Waals surface area contributed by atoms with Crippen LogP contribution in [0.3, 0.4) is 0 Å². The minimum absolute atomic E-state index is 0.140. The Morgan fingerprint density at radius 1 is 1.21 bits per heavy atom. The largest absolute Gasteiger partial charge is 0.337 e. The minimum atomic E-state index is -0.144. The van der Waals surface area contributed by atoms with Gasteiger partial charge in [0.05, 0.1) is 0 Å². The molecule has 6 heteroatoms. The summed E-state index contributed by atoms with van der Waals surface area (Å²) in [6.07, 6.45) is 2.51. The summed E-state index contributed by atoms with van der Waals surface area (Å²) in [5.41, 5.74) is 3.21. The number of aryl methyl sites for hydroxylation is 1. The summed E-state index contributed by atoms with van der Waals surface area (Å²) in [4.78, 5) is 23.6. The summed E-state index contributed by atoms with van der Waals surface area (Å²) in [6, 6.07) is 11.3. The van der Waals surface area contributed by atoms with Gasteiger partial charge in [0.15, 0.2) is 6.29 Å². The van der Waals surface area contributed by atoms with Crippen molar-refractivity contribution < 1.29 is 9.59 Å². The lowest BCUT2D eigenvalue weighted by molar-refractivity contribution is -0.116. The van der Waals surface area contributed by atoms with Crippen LogP contribution < -0.4 is 5.32 Å². The number of aromatic nitrogens is 1. The first-order valence-corrected chi connectivity index (χ1v) is 8.86. The van der Waals surface area contributed by atoms with E-state index in [0.717, 1.165) is 37.4 Å². The van der Waals surface area contributed by atoms with E-state index < -0.39 is 0 Å². The molecule has 122 valence electrons. The van der Waals surface area contributed by atoms with Crippen molar-refractivity contribution in [2.45, 2.75) is 13.5 Å². The molecule has 0 spiro atoms. The van der Waals surface area contributed by atoms with Crippen molar-refractivity contribution in [3.8, 4) is 0 Å². The number of fused-ring (bicyclic) bond motifs is 1. The number of carbonyl (C=O) groups excluding carboxylic acids is 2. The maximum absolute atomic E-state index is 12.3. The Balaban J connectivity index is 1.85. The predicted molar refractivity (Wildman–Crippen MR) is 103 cm³/mol. The summed E-state index contributed by atoms with van der Waals surface area (Å²) in [5.74, 6) is -0.144. The third-order valence-electron chi connectivity index (χ3n) is 3.76. The van der Waals surface area contributed by atoms with Crippen molar-refractivity contribution in [3.63, 3.8) is 0 Å². The first-order valence-electron chi connectivity index (χ1n) is 7.27. The summed E-state index contributed by atoms with van der Waals surface area (Å²) in [6.45, 7) is 2.11. The van der Waals surface area contributed by atoms with Gasteiger partial charge in [0.2, 0.25) is 5.91 Å². The van der Waals surface area contributed by atoms with Gasteiger partial charge in [-0.1, -0.05) is 31.9 Å². The zero-order valence-corrected chi connectivity index (χ0v) is 16.0. The highest BCUT2D eigenvalue weighted by Crippen LogP contribution is 2.25. The number of halogens is 2. The molecular weight excluding hydrogens is 436 g/mol. The second-order valence-corrected chi connectivity index (χ2v) is 7.27. The van der Waals surface area contributed by atoms with Gasteiger partial charge in [-0.3, -0.25) is 9.59 Å². The molecular formula is C18H14Br2N2O2. The molecule has 1 aromatic heterocycles. The molecule has 0 aliphatic carbocycles. The van der Waals surface area contributed by atoms with Crippen molar-refractivity contribution in [3.05, 3.63) is 62.7 Å². The van der Waals surface area contributed by atoms with Crippen LogP contribution in [-0.4, -0.2) is 16.8 Å². The van der Waals surface area contributed by atoms with E-state index in [-0.39, 0.29) is 12.5 Å². The van der Waals surface area contributed by atoms with Crippen LogP contribution in [0, 0.1) is 6.92 Å². The predicted octanol–water partition coefficient (Wildman–Crippen LogP) is 4.93. The molecule has 1 N–H and O–H groups in total. The van der Waals surface area contributed by atoms with Crippen LogP contribution in [0.4, 0.5) is 5.69 Å². The van der Waals surface area contributed by atoms with Crippen molar-refractivity contribution in [2.75, 3.05) is 5.32 Å². The van der Waals surface area contributed by atoms with E-state index in [1.807, 2.05) is 43.3 Å². The number of anilines is 1. The molecule has 1 heterocycles. The molecule has 1 amide bonds. The SMILES string of the molecule is Cc1cc(NC(=O)Cn2cc(C=O)c3cc(Br)ccc32)ccc1Br. The average molecular weight is 450 g/mol. The first-order chi connectivity index (χ1) is 11.5. The van der Waals surface area contributed by atoms with Gasteiger partial charge in [-0.25, -0.2) is 0 Å². The zero-order valence-electron chi connectivity index (χ0n) is 12.8. The van der Waals surface area contributed by atoms with Crippen molar-refractivity contribution in [2.24, 2.45) is 0 Å². The second kappa shape index (κ2) is 6.91. The maximum Gasteiger partial charge on any atom is 0.244 e. The fourth-order valence-electron chi connectivity index (χ4n) is 2.60. The molecule has 0 aliphatic rings. The molecule has 3 rings (SSSR count). The molecule has 2 aromatic carbocycles. The van der Waals surface area contributed by atoms with Crippen LogP contribution >= 0.6 is 31.9 Å². The number of amides is 1. The molecule has 0 fully saturated rings. The van der Waals surface area contributed by atoms with E-state index in [1.165, 1.54) is 0 Å². The van der Waals surface area contributed by atoms with E-state index in [9.17, 15) is 9.59 Å². The number of hydrogen-bond donors (Lipinski definition) is 1. The van der Waals surface area contributed by atoms with Gasteiger partial charge in [-0.2, -0.15) is 0 Å². The molecule has 24 heavy (non-hydrogen) atoms. The quantitative estimate of drug-likeness (QED) is 0.574. The smallest absolute Gasteiger partial charge is 0.244 e. The van der Waals surface area contributed by atoms with E-state index in [2.05, 4.69) is 37.2 Å². The Bertz CT molecular complexity index is 948. The van der Waals surface area contributed by atoms with Crippen LogP contribution in [0.2, 0.25) is 0 Å². The minimum Gasteiger partial charge on any atom is -0.337 e. The highest BCUT2D eigenvalue weighted by Gasteiger charge is 2.11. The normalized spacial score (nSPS) is 10.8. The number of nitrogens with zero attached hydrogens (tertiary/aromatic N) is 1. The molecule has 0 unspecified atom stereocenters. The summed E-state index contributed by atoms with van der Waals surface area (Å²) in [7, 11) is 0. The number of benzene rings is 2. The van der Waals surface area contributed by atoms with Gasteiger partial charge in [0.1, 0.15) is 6.54 Å². The lowest BCUT2D eigenvalue weighted by Crippen LogP contribution is -2.18. The Morgan fingerprint density at radius 3 is 2.71 bits per heavy atom. The van der Waals surface area contributed by atoms with Gasteiger partial charge in [0, 0.05) is 37.3 Å². The van der Waals surface area contributed by atoms with E-state index in [1.54, 1.807) is 10.8 Å². The number of carbonyl (C=O) groups is 2. The van der Waals surface area contributed by atoms with E-state index >= 15 is 0 Å². The van der Waals surface area contributed by atoms with Gasteiger partial charge < -0.3 is 9.88 Å². The summed E-state index contributed by atoms with van der Waals surface area (Å²) < 4.78 is 3.68. The van der Waals surface area contributed by atoms with Crippen LogP contribution in [0.1, 0.15) is 15.9 Å². The van der Waals surface area contributed by atoms with Crippen LogP contribution in [0.5, 0.6) is 0 Å². The zero-order chi connectivity index (χ0) is 17.3. The van der Waals surface area contributed by atoms with Crippen molar-refractivity contribution in [1.82, 2.24) is 4.57 Å². The molecule has 3 aromatic rings. The number of hydrogen-bond acceptors (Lipinski definition) is 2. The van der Waals surface area contributed by atoms with Crippen LogP contribution in [0.15, 0.2) is 51.5 Å². The van der Waals surface area contributed by atoms with E-state index in [0.29, 0.717) is 5.56 Å². The standard InChI is InChI=1S/C18H14Br2N2O2/c1-11-6-14(3-4-16(11)20)21-18(24)9-22-8-12(10-23)15-7-13(19)2-5-17(15)22/h2-8,10H,9H2,1H3,(H,21,24). The first kappa shape index (κ1) is 16.9. The fraction of sp³-hybridized carbons (Fsp3) is 0.111.